The second-order valence-electron chi connectivity index (χ2n) is 4.97. The second-order valence-corrected chi connectivity index (χ2v) is 4.97. The molecule has 19 heavy (non-hydrogen) atoms. The molecule has 0 amide bonds. The fraction of sp³-hybridized carbons (Fsp3) is 0.400. The van der Waals surface area contributed by atoms with Crippen molar-refractivity contribution in [1.29, 1.82) is 0 Å². The molecule has 0 bridgehead atoms. The summed E-state index contributed by atoms with van der Waals surface area (Å²) in [6, 6.07) is 4.26. The van der Waals surface area contributed by atoms with Gasteiger partial charge in [0.1, 0.15) is 5.75 Å². The molecule has 0 aromatic heterocycles. The lowest BCUT2D eigenvalue weighted by Crippen LogP contribution is -2.13. The summed E-state index contributed by atoms with van der Waals surface area (Å²) in [6.45, 7) is 5.70. The lowest BCUT2D eigenvalue weighted by atomic mass is 9.99. The van der Waals surface area contributed by atoms with Crippen LogP contribution in [0.3, 0.4) is 0 Å². The summed E-state index contributed by atoms with van der Waals surface area (Å²) in [4.78, 5) is 10.8. The number of aromatic carboxylic acids is 1. The first-order valence-electron chi connectivity index (χ1n) is 6.24. The van der Waals surface area contributed by atoms with Gasteiger partial charge in [0, 0.05) is 5.56 Å². The fourth-order valence-corrected chi connectivity index (χ4v) is 1.68. The maximum atomic E-state index is 10.8. The van der Waals surface area contributed by atoms with Gasteiger partial charge in [-0.2, -0.15) is 0 Å². The molecule has 1 aromatic rings. The van der Waals surface area contributed by atoms with E-state index in [1.54, 1.807) is 6.07 Å². The van der Waals surface area contributed by atoms with E-state index < -0.39 is 12.1 Å². The first kappa shape index (κ1) is 15.2. The number of carbonyl (C=O) groups is 1. The van der Waals surface area contributed by atoms with Gasteiger partial charge in [-0.05, 0) is 37.0 Å². The van der Waals surface area contributed by atoms with Crippen LogP contribution in [-0.4, -0.2) is 27.4 Å². The van der Waals surface area contributed by atoms with E-state index in [1.807, 2.05) is 26.8 Å². The number of rotatable bonds is 5. The minimum absolute atomic E-state index is 0.0521. The summed E-state index contributed by atoms with van der Waals surface area (Å²) in [5.41, 5.74) is 1.45. The monoisotopic (exact) mass is 264 g/mol. The lowest BCUT2D eigenvalue weighted by Gasteiger charge is -2.13. The van der Waals surface area contributed by atoms with E-state index in [-0.39, 0.29) is 17.2 Å². The van der Waals surface area contributed by atoms with Crippen molar-refractivity contribution in [3.63, 3.8) is 0 Å². The van der Waals surface area contributed by atoms with Gasteiger partial charge in [-0.3, -0.25) is 0 Å². The van der Waals surface area contributed by atoms with Crippen LogP contribution in [0.4, 0.5) is 0 Å². The van der Waals surface area contributed by atoms with Crippen molar-refractivity contribution in [3.8, 4) is 5.75 Å². The Morgan fingerprint density at radius 2 is 2.00 bits per heavy atom. The zero-order valence-corrected chi connectivity index (χ0v) is 11.4. The number of aliphatic hydroxyl groups is 1. The molecule has 0 fully saturated rings. The molecule has 3 N–H and O–H groups in total. The summed E-state index contributed by atoms with van der Waals surface area (Å²) in [6.07, 6.45) is 1.93. The van der Waals surface area contributed by atoms with Crippen molar-refractivity contribution >= 4 is 11.5 Å². The third-order valence-corrected chi connectivity index (χ3v) is 3.10. The zero-order chi connectivity index (χ0) is 14.6. The van der Waals surface area contributed by atoms with E-state index in [4.69, 9.17) is 5.11 Å². The molecule has 4 nitrogen and oxygen atoms in total. The number of benzene rings is 1. The molecule has 0 aliphatic heterocycles. The number of carboxylic acids is 1. The van der Waals surface area contributed by atoms with Crippen LogP contribution in [0.15, 0.2) is 24.3 Å². The number of allylic oxidation sites excluding steroid dienone is 1. The molecule has 0 aliphatic carbocycles. The van der Waals surface area contributed by atoms with Gasteiger partial charge in [0.25, 0.3) is 0 Å². The third kappa shape index (κ3) is 4.10. The van der Waals surface area contributed by atoms with Crippen LogP contribution >= 0.6 is 0 Å². The highest BCUT2D eigenvalue weighted by Gasteiger charge is 2.10. The van der Waals surface area contributed by atoms with Crippen molar-refractivity contribution in [2.75, 3.05) is 0 Å². The Hall–Kier alpha value is -1.81. The normalized spacial score (nSPS) is 13.6. The van der Waals surface area contributed by atoms with E-state index in [1.165, 1.54) is 12.1 Å². The van der Waals surface area contributed by atoms with Crippen LogP contribution in [0.25, 0.3) is 5.57 Å². The van der Waals surface area contributed by atoms with Gasteiger partial charge in [0.2, 0.25) is 0 Å². The quantitative estimate of drug-likeness (QED) is 0.764. The van der Waals surface area contributed by atoms with E-state index in [9.17, 15) is 15.0 Å². The molecule has 104 valence electrons. The summed E-state index contributed by atoms with van der Waals surface area (Å²) in [5, 5.41) is 28.4. The SMILES string of the molecule is C/C(=C\C[C@H](O)C(C)C)c1ccc(C(=O)O)cc1O. The Morgan fingerprint density at radius 3 is 2.47 bits per heavy atom. The van der Waals surface area contributed by atoms with Crippen molar-refractivity contribution in [2.24, 2.45) is 5.92 Å². The average Bonchev–Trinajstić information content (AvgIpc) is 2.34. The summed E-state index contributed by atoms with van der Waals surface area (Å²) in [5.74, 6) is -0.960. The number of aromatic hydroxyl groups is 1. The lowest BCUT2D eigenvalue weighted by molar-refractivity contribution is 0.0696. The predicted molar refractivity (Wildman–Crippen MR) is 74.2 cm³/mol. The smallest absolute Gasteiger partial charge is 0.335 e. The largest absolute Gasteiger partial charge is 0.507 e. The van der Waals surface area contributed by atoms with Gasteiger partial charge in [0.15, 0.2) is 0 Å². The van der Waals surface area contributed by atoms with Crippen molar-refractivity contribution < 1.29 is 20.1 Å². The topological polar surface area (TPSA) is 77.8 Å². The van der Waals surface area contributed by atoms with Crippen LogP contribution < -0.4 is 0 Å². The first-order chi connectivity index (χ1) is 8.82. The summed E-state index contributed by atoms with van der Waals surface area (Å²) < 4.78 is 0. The van der Waals surface area contributed by atoms with Crippen molar-refractivity contribution in [1.82, 2.24) is 0 Å². The molecule has 4 heteroatoms. The third-order valence-electron chi connectivity index (χ3n) is 3.10. The Morgan fingerprint density at radius 1 is 1.37 bits per heavy atom. The Kier molecular flexibility index (Phi) is 5.12. The number of phenolic OH excluding ortho intramolecular Hbond substituents is 1. The average molecular weight is 264 g/mol. The molecule has 1 aromatic carbocycles. The van der Waals surface area contributed by atoms with Crippen molar-refractivity contribution in [2.45, 2.75) is 33.3 Å². The minimum Gasteiger partial charge on any atom is -0.507 e. The number of phenols is 1. The number of hydrogen-bond acceptors (Lipinski definition) is 3. The molecule has 1 rings (SSSR count). The molecule has 0 heterocycles. The fourth-order valence-electron chi connectivity index (χ4n) is 1.68. The number of hydrogen-bond donors (Lipinski definition) is 3. The second kappa shape index (κ2) is 6.38. The molecule has 0 unspecified atom stereocenters. The van der Waals surface area contributed by atoms with Gasteiger partial charge in [-0.25, -0.2) is 4.79 Å². The maximum absolute atomic E-state index is 10.8. The molecule has 0 aliphatic rings. The van der Waals surface area contributed by atoms with Crippen LogP contribution in [0.1, 0.15) is 43.1 Å². The van der Waals surface area contributed by atoms with Crippen LogP contribution in [0, 0.1) is 5.92 Å². The predicted octanol–water partition coefficient (Wildman–Crippen LogP) is 2.90. The van der Waals surface area contributed by atoms with E-state index in [2.05, 4.69) is 0 Å². The Labute approximate surface area is 113 Å². The highest BCUT2D eigenvalue weighted by atomic mass is 16.4. The maximum Gasteiger partial charge on any atom is 0.335 e. The van der Waals surface area contributed by atoms with Gasteiger partial charge >= 0.3 is 5.97 Å². The standard InChI is InChI=1S/C15H20O4/c1-9(2)13(16)7-4-10(3)12-6-5-11(15(18)19)8-14(12)17/h4-6,8-9,13,16-17H,7H2,1-3H3,(H,18,19)/b10-4+/t13-/m0/s1. The van der Waals surface area contributed by atoms with Gasteiger partial charge in [-0.1, -0.05) is 26.0 Å². The highest BCUT2D eigenvalue weighted by molar-refractivity contribution is 5.89. The van der Waals surface area contributed by atoms with Gasteiger partial charge in [0.05, 0.1) is 11.7 Å². The molecule has 0 spiro atoms. The van der Waals surface area contributed by atoms with E-state index in [0.717, 1.165) is 5.57 Å². The van der Waals surface area contributed by atoms with E-state index >= 15 is 0 Å². The van der Waals surface area contributed by atoms with Gasteiger partial charge < -0.3 is 15.3 Å². The van der Waals surface area contributed by atoms with Gasteiger partial charge in [-0.15, -0.1) is 0 Å². The highest BCUT2D eigenvalue weighted by Crippen LogP contribution is 2.26. The minimum atomic E-state index is -1.07. The van der Waals surface area contributed by atoms with Crippen LogP contribution in [-0.2, 0) is 0 Å². The molecular weight excluding hydrogens is 244 g/mol. The molecule has 0 saturated carbocycles. The van der Waals surface area contributed by atoms with Crippen molar-refractivity contribution in [3.05, 3.63) is 35.4 Å². The van der Waals surface area contributed by atoms with E-state index in [0.29, 0.717) is 12.0 Å². The number of carboxylic acid groups (broad SMARTS) is 1. The Balaban J connectivity index is 2.91. The molecular formula is C15H20O4. The summed E-state index contributed by atoms with van der Waals surface area (Å²) in [7, 11) is 0. The first-order valence-corrected chi connectivity index (χ1v) is 6.24. The zero-order valence-electron chi connectivity index (χ0n) is 11.4. The number of aliphatic hydroxyl groups excluding tert-OH is 1. The van der Waals surface area contributed by atoms with Crippen LogP contribution in [0.5, 0.6) is 5.75 Å². The molecule has 0 saturated heterocycles. The van der Waals surface area contributed by atoms with Crippen LogP contribution in [0.2, 0.25) is 0 Å². The summed E-state index contributed by atoms with van der Waals surface area (Å²) >= 11 is 0. The molecule has 1 atom stereocenters. The Bertz CT molecular complexity index is 489. The molecule has 0 radical (unpaired) electrons.